The van der Waals surface area contributed by atoms with Crippen LogP contribution in [0.1, 0.15) is 26.3 Å². The van der Waals surface area contributed by atoms with Gasteiger partial charge in [0.1, 0.15) is 6.61 Å². The van der Waals surface area contributed by atoms with Crippen molar-refractivity contribution in [1.29, 1.82) is 0 Å². The first-order chi connectivity index (χ1) is 17.3. The normalized spacial score (nSPS) is 16.8. The lowest BCUT2D eigenvalue weighted by Gasteiger charge is -2.25. The van der Waals surface area contributed by atoms with E-state index in [0.717, 1.165) is 6.07 Å². The van der Waals surface area contributed by atoms with Gasteiger partial charge < -0.3 is 14.2 Å². The van der Waals surface area contributed by atoms with Crippen LogP contribution in [0.4, 0.5) is 0 Å². The SMILES string of the molecule is O=C(COC(=O)c1ccc2c(c1)S(=O)(=O)c1ccccc1C2=O)NC(=O)C1COc2ccccc2O1. The van der Waals surface area contributed by atoms with Crippen LogP contribution in [0.2, 0.25) is 0 Å². The molecular weight excluding hydrogens is 490 g/mol. The third-order valence-corrected chi connectivity index (χ3v) is 7.42. The average molecular weight is 507 g/mol. The minimum atomic E-state index is -4.05. The van der Waals surface area contributed by atoms with E-state index in [0.29, 0.717) is 11.5 Å². The van der Waals surface area contributed by atoms with E-state index < -0.39 is 46.1 Å². The zero-order chi connectivity index (χ0) is 25.4. The van der Waals surface area contributed by atoms with Crippen molar-refractivity contribution in [2.24, 2.45) is 0 Å². The van der Waals surface area contributed by atoms with E-state index in [1.165, 1.54) is 30.3 Å². The molecule has 2 aliphatic rings. The van der Waals surface area contributed by atoms with Crippen LogP contribution in [-0.2, 0) is 24.2 Å². The van der Waals surface area contributed by atoms with E-state index >= 15 is 0 Å². The zero-order valence-corrected chi connectivity index (χ0v) is 19.2. The number of hydrogen-bond acceptors (Lipinski definition) is 9. The highest BCUT2D eigenvalue weighted by Gasteiger charge is 2.35. The second-order valence-electron chi connectivity index (χ2n) is 7.89. The second-order valence-corrected chi connectivity index (χ2v) is 9.78. The summed E-state index contributed by atoms with van der Waals surface area (Å²) in [5, 5.41) is 2.07. The molecule has 3 aromatic rings. The maximum Gasteiger partial charge on any atom is 0.338 e. The van der Waals surface area contributed by atoms with E-state index in [1.54, 1.807) is 30.3 Å². The molecule has 0 bridgehead atoms. The van der Waals surface area contributed by atoms with Gasteiger partial charge in [-0.05, 0) is 42.5 Å². The molecule has 0 radical (unpaired) electrons. The lowest BCUT2D eigenvalue weighted by Crippen LogP contribution is -2.47. The summed E-state index contributed by atoms with van der Waals surface area (Å²) in [6.45, 7) is -0.915. The molecule has 1 atom stereocenters. The lowest BCUT2D eigenvalue weighted by atomic mass is 10.0. The summed E-state index contributed by atoms with van der Waals surface area (Å²) in [7, 11) is -4.05. The number of carbonyl (C=O) groups excluding carboxylic acids is 4. The fourth-order valence-electron chi connectivity index (χ4n) is 3.83. The maximum atomic E-state index is 13.0. The van der Waals surface area contributed by atoms with Gasteiger partial charge in [-0.15, -0.1) is 0 Å². The Hall–Kier alpha value is -4.51. The van der Waals surface area contributed by atoms with Crippen molar-refractivity contribution in [1.82, 2.24) is 5.32 Å². The number of rotatable bonds is 4. The summed E-state index contributed by atoms with van der Waals surface area (Å²) >= 11 is 0. The molecule has 1 N–H and O–H groups in total. The number of para-hydroxylation sites is 2. The highest BCUT2D eigenvalue weighted by molar-refractivity contribution is 7.91. The van der Waals surface area contributed by atoms with Gasteiger partial charge in [0, 0.05) is 11.1 Å². The van der Waals surface area contributed by atoms with E-state index in [1.807, 2.05) is 0 Å². The number of carbonyl (C=O) groups is 4. The lowest BCUT2D eigenvalue weighted by molar-refractivity contribution is -0.137. The molecule has 0 spiro atoms. The molecule has 10 nitrogen and oxygen atoms in total. The first kappa shape index (κ1) is 23.2. The predicted octanol–water partition coefficient (Wildman–Crippen LogP) is 1.70. The van der Waals surface area contributed by atoms with Crippen LogP contribution in [0.5, 0.6) is 11.5 Å². The quantitative estimate of drug-likeness (QED) is 0.408. The van der Waals surface area contributed by atoms with E-state index in [4.69, 9.17) is 14.2 Å². The van der Waals surface area contributed by atoms with Crippen LogP contribution in [0, 0.1) is 0 Å². The van der Waals surface area contributed by atoms with Gasteiger partial charge in [0.2, 0.25) is 15.9 Å². The highest BCUT2D eigenvalue weighted by atomic mass is 32.2. The van der Waals surface area contributed by atoms with Crippen LogP contribution >= 0.6 is 0 Å². The summed E-state index contributed by atoms with van der Waals surface area (Å²) < 4.78 is 41.9. The number of sulfone groups is 1. The Kier molecular flexibility index (Phi) is 5.77. The van der Waals surface area contributed by atoms with Crippen molar-refractivity contribution in [2.75, 3.05) is 13.2 Å². The largest absolute Gasteiger partial charge is 0.485 e. The van der Waals surface area contributed by atoms with Gasteiger partial charge in [0.15, 0.2) is 23.9 Å². The van der Waals surface area contributed by atoms with Gasteiger partial charge in [-0.25, -0.2) is 13.2 Å². The fraction of sp³-hybridized carbons (Fsp3) is 0.120. The van der Waals surface area contributed by atoms with Gasteiger partial charge >= 0.3 is 5.97 Å². The summed E-state index contributed by atoms with van der Waals surface area (Å²) in [5.41, 5.74) is -0.188. The molecule has 0 saturated heterocycles. The van der Waals surface area contributed by atoms with Crippen molar-refractivity contribution in [3.05, 3.63) is 83.4 Å². The summed E-state index contributed by atoms with van der Waals surface area (Å²) in [4.78, 5) is 49.2. The predicted molar refractivity (Wildman–Crippen MR) is 122 cm³/mol. The monoisotopic (exact) mass is 507 g/mol. The number of esters is 1. The van der Waals surface area contributed by atoms with Crippen molar-refractivity contribution >= 4 is 33.4 Å². The Labute approximate surface area is 204 Å². The number of amides is 2. The Balaban J connectivity index is 1.23. The summed E-state index contributed by atoms with van der Waals surface area (Å²) in [6.07, 6.45) is -1.08. The number of ether oxygens (including phenoxy) is 3. The molecule has 3 aromatic carbocycles. The first-order valence-corrected chi connectivity index (χ1v) is 12.2. The number of imide groups is 1. The molecule has 0 aliphatic carbocycles. The maximum absolute atomic E-state index is 13.0. The van der Waals surface area contributed by atoms with Gasteiger partial charge in [-0.3, -0.25) is 19.7 Å². The Bertz CT molecular complexity index is 1540. The van der Waals surface area contributed by atoms with Crippen LogP contribution in [0.15, 0.2) is 76.5 Å². The van der Waals surface area contributed by atoms with Crippen LogP contribution < -0.4 is 14.8 Å². The number of benzene rings is 3. The second kappa shape index (κ2) is 8.93. The van der Waals surface area contributed by atoms with Crippen molar-refractivity contribution in [3.8, 4) is 11.5 Å². The average Bonchev–Trinajstić information content (AvgIpc) is 2.90. The molecule has 2 aliphatic heterocycles. The molecule has 0 saturated carbocycles. The van der Waals surface area contributed by atoms with Crippen molar-refractivity contribution in [3.63, 3.8) is 0 Å². The standard InChI is InChI=1S/C25H17NO9S/c27-22(26-24(29)19-12-33-17-6-2-3-7-18(17)35-19)13-34-25(30)14-9-10-16-21(11-14)36(31,32)20-8-4-1-5-15(20)23(16)28/h1-11,19H,12-13H2,(H,26,27,29). The molecule has 0 aromatic heterocycles. The topological polar surface area (TPSA) is 142 Å². The van der Waals surface area contributed by atoms with Crippen molar-refractivity contribution in [2.45, 2.75) is 15.9 Å². The first-order valence-electron chi connectivity index (χ1n) is 10.7. The van der Waals surface area contributed by atoms with Crippen LogP contribution in [0.3, 0.4) is 0 Å². The minimum Gasteiger partial charge on any atom is -0.485 e. The van der Waals surface area contributed by atoms with E-state index in [9.17, 15) is 27.6 Å². The van der Waals surface area contributed by atoms with E-state index in [-0.39, 0.29) is 33.1 Å². The van der Waals surface area contributed by atoms with Gasteiger partial charge in [0.25, 0.3) is 11.8 Å². The smallest absolute Gasteiger partial charge is 0.338 e. The highest BCUT2D eigenvalue weighted by Crippen LogP contribution is 2.35. The van der Waals surface area contributed by atoms with Gasteiger partial charge in [0.05, 0.1) is 15.4 Å². The van der Waals surface area contributed by atoms with Crippen molar-refractivity contribution < 1.29 is 41.8 Å². The molecule has 1 unspecified atom stereocenters. The molecule has 5 rings (SSSR count). The Morgan fingerprint density at radius 3 is 2.42 bits per heavy atom. The molecule has 36 heavy (non-hydrogen) atoms. The summed E-state index contributed by atoms with van der Waals surface area (Å²) in [5.74, 6) is -2.35. The molecule has 11 heteroatoms. The number of nitrogens with one attached hydrogen (secondary N) is 1. The third kappa shape index (κ3) is 4.09. The van der Waals surface area contributed by atoms with Gasteiger partial charge in [-0.1, -0.05) is 24.3 Å². The van der Waals surface area contributed by atoms with Crippen LogP contribution in [0.25, 0.3) is 0 Å². The molecular formula is C25H17NO9S. The zero-order valence-electron chi connectivity index (χ0n) is 18.4. The Morgan fingerprint density at radius 2 is 1.61 bits per heavy atom. The number of fused-ring (bicyclic) bond motifs is 3. The molecule has 2 amide bonds. The summed E-state index contributed by atoms with van der Waals surface area (Å²) in [6, 6.07) is 16.0. The number of ketones is 1. The molecule has 182 valence electrons. The molecule has 0 fully saturated rings. The fourth-order valence-corrected chi connectivity index (χ4v) is 5.51. The Morgan fingerprint density at radius 1 is 0.917 bits per heavy atom. The third-order valence-electron chi connectivity index (χ3n) is 5.57. The number of hydrogen-bond donors (Lipinski definition) is 1. The van der Waals surface area contributed by atoms with E-state index in [2.05, 4.69) is 5.32 Å². The van der Waals surface area contributed by atoms with Gasteiger partial charge in [-0.2, -0.15) is 0 Å². The van der Waals surface area contributed by atoms with Crippen LogP contribution in [-0.4, -0.2) is 51.3 Å². The minimum absolute atomic E-state index is 0.0532. The molecule has 2 heterocycles.